The number of nitrogens with zero attached hydrogens (tertiary/aromatic N) is 2. The number of halogens is 1. The minimum atomic E-state index is -0.976. The highest BCUT2D eigenvalue weighted by molar-refractivity contribution is 5.84. The topological polar surface area (TPSA) is 109 Å². The molecule has 2 saturated heterocycles. The first-order chi connectivity index (χ1) is 19.4. The van der Waals surface area contributed by atoms with Crippen LogP contribution in [0.2, 0.25) is 0 Å². The molecule has 9 heteroatoms. The maximum absolute atomic E-state index is 13.4. The van der Waals surface area contributed by atoms with Crippen molar-refractivity contribution in [1.82, 2.24) is 15.2 Å². The van der Waals surface area contributed by atoms with Gasteiger partial charge in [0.1, 0.15) is 24.8 Å². The molecule has 0 saturated carbocycles. The van der Waals surface area contributed by atoms with Gasteiger partial charge in [-0.15, -0.1) is 0 Å². The van der Waals surface area contributed by atoms with Gasteiger partial charge in [0.05, 0.1) is 6.42 Å². The molecule has 0 bridgehead atoms. The quantitative estimate of drug-likeness (QED) is 0.373. The average Bonchev–Trinajstić information content (AvgIpc) is 2.99. The van der Waals surface area contributed by atoms with Gasteiger partial charge in [-0.3, -0.25) is 19.4 Å². The van der Waals surface area contributed by atoms with E-state index in [9.17, 15) is 23.9 Å². The lowest BCUT2D eigenvalue weighted by Crippen LogP contribution is -2.42. The van der Waals surface area contributed by atoms with Crippen molar-refractivity contribution in [3.05, 3.63) is 48.3 Å². The molecule has 2 aliphatic heterocycles. The van der Waals surface area contributed by atoms with Crippen molar-refractivity contribution in [2.75, 3.05) is 39.5 Å². The van der Waals surface area contributed by atoms with E-state index in [1.54, 1.807) is 24.5 Å². The number of carbonyl (C=O) groups is 3. The zero-order valence-corrected chi connectivity index (χ0v) is 23.0. The molecule has 2 fully saturated rings. The van der Waals surface area contributed by atoms with Crippen LogP contribution in [0.1, 0.15) is 62.8 Å². The molecule has 0 radical (unpaired) electrons. The maximum atomic E-state index is 13.4. The van der Waals surface area contributed by atoms with Crippen molar-refractivity contribution >= 4 is 17.7 Å². The summed E-state index contributed by atoms with van der Waals surface area (Å²) in [5, 5.41) is 13.0. The number of carboxylic acids is 1. The second kappa shape index (κ2) is 14.9. The van der Waals surface area contributed by atoms with Gasteiger partial charge in [-0.2, -0.15) is 0 Å². The molecule has 216 valence electrons. The summed E-state index contributed by atoms with van der Waals surface area (Å²) in [6.07, 6.45) is 8.35. The first-order valence-electron chi connectivity index (χ1n) is 14.4. The average molecular weight is 553 g/mol. The maximum Gasteiger partial charge on any atom is 0.303 e. The fourth-order valence-corrected chi connectivity index (χ4v) is 5.79. The molecule has 2 atom stereocenters. The largest absolute Gasteiger partial charge is 0.491 e. The normalized spacial score (nSPS) is 18.7. The number of amides is 1. The van der Waals surface area contributed by atoms with Gasteiger partial charge in [0.2, 0.25) is 5.91 Å². The number of hydrogen-bond donors (Lipinski definition) is 2. The second-order valence-electron chi connectivity index (χ2n) is 10.9. The summed E-state index contributed by atoms with van der Waals surface area (Å²) in [7, 11) is 0. The summed E-state index contributed by atoms with van der Waals surface area (Å²) in [6, 6.07) is 9.05. The number of rotatable bonds is 13. The van der Waals surface area contributed by atoms with E-state index in [1.807, 2.05) is 23.1 Å². The third-order valence-corrected chi connectivity index (χ3v) is 8.09. The van der Waals surface area contributed by atoms with Crippen LogP contribution >= 0.6 is 0 Å². The molecular weight excluding hydrogens is 512 g/mol. The molecule has 0 spiro atoms. The molecule has 0 unspecified atom stereocenters. The van der Waals surface area contributed by atoms with Crippen molar-refractivity contribution in [3.8, 4) is 16.9 Å². The summed E-state index contributed by atoms with van der Waals surface area (Å²) in [6.45, 7) is 2.54. The van der Waals surface area contributed by atoms with Crippen LogP contribution in [0.15, 0.2) is 42.7 Å². The number of benzene rings is 1. The fourth-order valence-electron chi connectivity index (χ4n) is 5.79. The van der Waals surface area contributed by atoms with E-state index in [1.165, 1.54) is 0 Å². The predicted molar refractivity (Wildman–Crippen MR) is 150 cm³/mol. The van der Waals surface area contributed by atoms with Crippen molar-refractivity contribution in [2.45, 2.75) is 57.3 Å². The molecule has 1 aromatic heterocycles. The summed E-state index contributed by atoms with van der Waals surface area (Å²) in [5.74, 6) is -0.502. The van der Waals surface area contributed by atoms with Gasteiger partial charge in [0, 0.05) is 55.7 Å². The Morgan fingerprint density at radius 3 is 2.58 bits per heavy atom. The Labute approximate surface area is 235 Å². The van der Waals surface area contributed by atoms with E-state index in [0.717, 1.165) is 49.9 Å². The molecular formula is C31H40FN3O5. The molecule has 2 N–H and O–H groups in total. The number of piperidine rings is 2. The second-order valence-corrected chi connectivity index (χ2v) is 10.9. The van der Waals surface area contributed by atoms with Crippen LogP contribution in [0.25, 0.3) is 11.1 Å². The van der Waals surface area contributed by atoms with E-state index in [-0.39, 0.29) is 37.1 Å². The number of carboxylic acid groups (broad SMARTS) is 1. The summed E-state index contributed by atoms with van der Waals surface area (Å²) < 4.78 is 17.7. The number of carbonyl (C=O) groups excluding carboxylic acids is 2. The van der Waals surface area contributed by atoms with Gasteiger partial charge in [-0.25, -0.2) is 4.39 Å². The molecule has 2 aromatic rings. The van der Waals surface area contributed by atoms with Gasteiger partial charge in [-0.05, 0) is 80.4 Å². The van der Waals surface area contributed by atoms with Gasteiger partial charge < -0.3 is 20.1 Å². The van der Waals surface area contributed by atoms with E-state index in [4.69, 9.17) is 4.74 Å². The Kier molecular flexibility index (Phi) is 11.0. The highest BCUT2D eigenvalue weighted by atomic mass is 18.2. The van der Waals surface area contributed by atoms with Crippen LogP contribution < -0.4 is 10.1 Å². The predicted octanol–water partition coefficient (Wildman–Crippen LogP) is 4.63. The van der Waals surface area contributed by atoms with E-state index in [2.05, 4.69) is 10.3 Å². The van der Waals surface area contributed by atoms with E-state index < -0.39 is 18.6 Å². The van der Waals surface area contributed by atoms with Crippen molar-refractivity contribution < 1.29 is 28.6 Å². The lowest BCUT2D eigenvalue weighted by Gasteiger charge is -2.33. The Morgan fingerprint density at radius 1 is 1.07 bits per heavy atom. The van der Waals surface area contributed by atoms with Gasteiger partial charge >= 0.3 is 5.97 Å². The lowest BCUT2D eigenvalue weighted by atomic mass is 9.84. The smallest absolute Gasteiger partial charge is 0.303 e. The molecule has 0 aliphatic carbocycles. The number of nitrogens with one attached hydrogen (secondary N) is 1. The number of Topliss-reactive ketones (excluding diaryl/α,β-unsaturated/α-hetero) is 1. The van der Waals surface area contributed by atoms with Gasteiger partial charge in [0.25, 0.3) is 0 Å². The van der Waals surface area contributed by atoms with E-state index >= 15 is 0 Å². The van der Waals surface area contributed by atoms with Crippen LogP contribution in [0.5, 0.6) is 5.75 Å². The number of aromatic nitrogens is 1. The molecule has 4 rings (SSSR count). The van der Waals surface area contributed by atoms with Crippen molar-refractivity contribution in [3.63, 3.8) is 0 Å². The number of ketones is 1. The zero-order chi connectivity index (χ0) is 28.3. The highest BCUT2D eigenvalue weighted by Gasteiger charge is 2.31. The third kappa shape index (κ3) is 8.58. The molecule has 40 heavy (non-hydrogen) atoms. The number of likely N-dealkylation sites (tertiary alicyclic amines) is 1. The van der Waals surface area contributed by atoms with Crippen LogP contribution in [0, 0.1) is 11.8 Å². The van der Waals surface area contributed by atoms with Crippen LogP contribution in [-0.4, -0.2) is 72.1 Å². The number of alkyl halides is 1. The molecule has 3 heterocycles. The molecule has 2 aliphatic rings. The Morgan fingerprint density at radius 2 is 1.85 bits per heavy atom. The number of pyridine rings is 1. The molecule has 1 aromatic carbocycles. The number of hydrogen-bond acceptors (Lipinski definition) is 6. The minimum Gasteiger partial charge on any atom is -0.491 e. The fraction of sp³-hybridized carbons (Fsp3) is 0.548. The molecule has 1 amide bonds. The summed E-state index contributed by atoms with van der Waals surface area (Å²) in [4.78, 5) is 44.3. The Balaban J connectivity index is 1.38. The molecule has 8 nitrogen and oxygen atoms in total. The summed E-state index contributed by atoms with van der Waals surface area (Å²) in [5.41, 5.74) is 2.34. The summed E-state index contributed by atoms with van der Waals surface area (Å²) >= 11 is 0. The first-order valence-corrected chi connectivity index (χ1v) is 14.4. The van der Waals surface area contributed by atoms with Crippen molar-refractivity contribution in [2.24, 2.45) is 11.8 Å². The lowest BCUT2D eigenvalue weighted by molar-refractivity contribution is -0.137. The Hall–Kier alpha value is -3.33. The Bertz CT molecular complexity index is 1140. The highest BCUT2D eigenvalue weighted by Crippen LogP contribution is 2.31. The number of ether oxygens (including phenoxy) is 1. The van der Waals surface area contributed by atoms with Crippen LogP contribution in [-0.2, 0) is 14.4 Å². The van der Waals surface area contributed by atoms with Crippen LogP contribution in [0.3, 0.4) is 0 Å². The van der Waals surface area contributed by atoms with Crippen LogP contribution in [0.4, 0.5) is 4.39 Å². The van der Waals surface area contributed by atoms with E-state index in [0.29, 0.717) is 43.2 Å². The third-order valence-electron chi connectivity index (χ3n) is 8.09. The standard InChI is InChI=1S/C31H40FN3O5/c32-11-15-40-28-6-4-23(5-7-28)26-16-27(20-34-19-26)25(18-31(38)39)17-29(36)24-2-1-14-35(21-24)30(37)8-3-22-9-12-33-13-10-22/h4-7,16,19-20,22,24-25,33H,1-3,8-15,17-18,21H2,(H,38,39)/t24-,25+/m1/s1/i32-1. The zero-order valence-electron chi connectivity index (χ0n) is 23.0. The monoisotopic (exact) mass is 552 g/mol. The van der Waals surface area contributed by atoms with Gasteiger partial charge in [-0.1, -0.05) is 12.1 Å². The first kappa shape index (κ1) is 29.6. The minimum absolute atomic E-state index is 0.00173. The van der Waals surface area contributed by atoms with Crippen molar-refractivity contribution in [1.29, 1.82) is 0 Å². The SMILES string of the molecule is O=C(O)C[C@H](CC(=O)[C@@H]1CCCN(C(=O)CCC2CCNCC2)C1)c1cncc(-c2ccc(OCC[18F])cc2)c1. The van der Waals surface area contributed by atoms with Gasteiger partial charge in [0.15, 0.2) is 0 Å². The number of aliphatic carboxylic acids is 1.